The molecule has 1 atom stereocenters. The maximum absolute atomic E-state index is 3.71. The molecule has 0 aromatic heterocycles. The van der Waals surface area contributed by atoms with E-state index in [1.54, 1.807) is 0 Å². The molecular weight excluding hydrogens is 258 g/mol. The summed E-state index contributed by atoms with van der Waals surface area (Å²) >= 11 is 0. The third-order valence-electron chi connectivity index (χ3n) is 4.55. The maximum Gasteiger partial charge on any atom is 0.0109 e. The molecule has 0 aromatic rings. The molecule has 1 unspecified atom stereocenters. The molecule has 0 bridgehead atoms. The Kier molecular flexibility index (Phi) is 7.66. The Morgan fingerprint density at radius 2 is 1.71 bits per heavy atom. The zero-order valence-corrected chi connectivity index (χ0v) is 15.5. The highest BCUT2D eigenvalue weighted by molar-refractivity contribution is 4.84. The van der Waals surface area contributed by atoms with Gasteiger partial charge in [-0.1, -0.05) is 20.3 Å². The van der Waals surface area contributed by atoms with Gasteiger partial charge in [-0.25, -0.2) is 0 Å². The Morgan fingerprint density at radius 1 is 1.10 bits per heavy atom. The molecule has 3 heteroatoms. The molecule has 1 saturated heterocycles. The van der Waals surface area contributed by atoms with Crippen LogP contribution in [0, 0.1) is 5.41 Å². The molecule has 126 valence electrons. The Balaban J connectivity index is 2.39. The number of nitrogens with one attached hydrogen (secondary N) is 1. The highest BCUT2D eigenvalue weighted by atomic mass is 15.2. The van der Waals surface area contributed by atoms with E-state index in [0.29, 0.717) is 5.41 Å². The molecule has 1 N–H and O–H groups in total. The smallest absolute Gasteiger partial charge is 0.0109 e. The molecule has 21 heavy (non-hydrogen) atoms. The number of hydrogen-bond donors (Lipinski definition) is 1. The fourth-order valence-electron chi connectivity index (χ4n) is 3.35. The molecule has 1 fully saturated rings. The summed E-state index contributed by atoms with van der Waals surface area (Å²) in [7, 11) is 2.29. The van der Waals surface area contributed by atoms with E-state index >= 15 is 0 Å². The van der Waals surface area contributed by atoms with Crippen molar-refractivity contribution in [3.8, 4) is 0 Å². The largest absolute Gasteiger partial charge is 0.311 e. The minimum atomic E-state index is 0.211. The summed E-state index contributed by atoms with van der Waals surface area (Å²) in [6, 6.07) is 0. The first-order chi connectivity index (χ1) is 9.74. The monoisotopic (exact) mass is 297 g/mol. The van der Waals surface area contributed by atoms with Gasteiger partial charge in [-0.2, -0.15) is 0 Å². The second kappa shape index (κ2) is 8.50. The first-order valence-corrected chi connectivity index (χ1v) is 8.90. The lowest BCUT2D eigenvalue weighted by atomic mass is 9.84. The van der Waals surface area contributed by atoms with E-state index in [1.807, 2.05) is 0 Å². The zero-order valence-electron chi connectivity index (χ0n) is 15.5. The van der Waals surface area contributed by atoms with E-state index in [4.69, 9.17) is 0 Å². The van der Waals surface area contributed by atoms with Crippen LogP contribution in [0.25, 0.3) is 0 Å². The Morgan fingerprint density at radius 3 is 2.24 bits per heavy atom. The van der Waals surface area contributed by atoms with Crippen LogP contribution in [0.2, 0.25) is 0 Å². The van der Waals surface area contributed by atoms with Gasteiger partial charge in [-0.05, 0) is 65.6 Å². The fourth-order valence-corrected chi connectivity index (χ4v) is 3.35. The SMILES string of the molecule is CCCC(C)(CNC(C)(C)C)CN(C)CCN1CCCC1. The van der Waals surface area contributed by atoms with Gasteiger partial charge in [0.05, 0.1) is 0 Å². The van der Waals surface area contributed by atoms with Gasteiger partial charge >= 0.3 is 0 Å². The van der Waals surface area contributed by atoms with Crippen molar-refractivity contribution in [1.29, 1.82) is 0 Å². The molecule has 0 radical (unpaired) electrons. The van der Waals surface area contributed by atoms with E-state index in [2.05, 4.69) is 56.8 Å². The van der Waals surface area contributed by atoms with Gasteiger partial charge in [0.25, 0.3) is 0 Å². The average Bonchev–Trinajstić information content (AvgIpc) is 2.87. The van der Waals surface area contributed by atoms with E-state index < -0.39 is 0 Å². The molecule has 0 saturated carbocycles. The van der Waals surface area contributed by atoms with Crippen molar-refractivity contribution in [3.63, 3.8) is 0 Å². The summed E-state index contributed by atoms with van der Waals surface area (Å²) in [6.45, 7) is 18.9. The van der Waals surface area contributed by atoms with E-state index in [-0.39, 0.29) is 5.54 Å². The van der Waals surface area contributed by atoms with Gasteiger partial charge in [-0.15, -0.1) is 0 Å². The van der Waals surface area contributed by atoms with Gasteiger partial charge in [-0.3, -0.25) is 0 Å². The van der Waals surface area contributed by atoms with Crippen molar-refractivity contribution in [2.45, 2.75) is 65.8 Å². The van der Waals surface area contributed by atoms with E-state index in [1.165, 1.54) is 58.4 Å². The Bertz CT molecular complexity index is 279. The third-order valence-corrected chi connectivity index (χ3v) is 4.55. The number of likely N-dealkylation sites (N-methyl/N-ethyl adjacent to an activating group) is 1. The van der Waals surface area contributed by atoms with Crippen LogP contribution in [0.4, 0.5) is 0 Å². The summed E-state index contributed by atoms with van der Waals surface area (Å²) in [4.78, 5) is 5.15. The van der Waals surface area contributed by atoms with Gasteiger partial charge < -0.3 is 15.1 Å². The number of rotatable bonds is 9. The van der Waals surface area contributed by atoms with Crippen LogP contribution >= 0.6 is 0 Å². The molecule has 0 amide bonds. The first-order valence-electron chi connectivity index (χ1n) is 8.90. The van der Waals surface area contributed by atoms with Crippen molar-refractivity contribution >= 4 is 0 Å². The van der Waals surface area contributed by atoms with Crippen molar-refractivity contribution in [3.05, 3.63) is 0 Å². The van der Waals surface area contributed by atoms with Crippen LogP contribution in [0.5, 0.6) is 0 Å². The van der Waals surface area contributed by atoms with Gasteiger partial charge in [0.15, 0.2) is 0 Å². The molecule has 0 aromatic carbocycles. The quantitative estimate of drug-likeness (QED) is 0.705. The number of likely N-dealkylation sites (tertiary alicyclic amines) is 1. The standard InChI is InChI=1S/C18H39N3/c1-7-10-18(5,15-19-17(2,3)4)16-20(6)13-14-21-11-8-9-12-21/h19H,7-16H2,1-6H3. The van der Waals surface area contributed by atoms with Crippen LogP contribution < -0.4 is 5.32 Å². The molecule has 3 nitrogen and oxygen atoms in total. The second-order valence-corrected chi connectivity index (χ2v) is 8.45. The average molecular weight is 298 g/mol. The Hall–Kier alpha value is -0.120. The Labute approximate surface area is 133 Å². The van der Waals surface area contributed by atoms with Crippen LogP contribution in [0.15, 0.2) is 0 Å². The topological polar surface area (TPSA) is 18.5 Å². The van der Waals surface area contributed by atoms with E-state index in [9.17, 15) is 0 Å². The molecule has 0 spiro atoms. The summed E-state index contributed by atoms with van der Waals surface area (Å²) in [5.41, 5.74) is 0.588. The lowest BCUT2D eigenvalue weighted by molar-refractivity contribution is 0.150. The summed E-state index contributed by atoms with van der Waals surface area (Å²) in [5.74, 6) is 0. The molecule has 1 aliphatic heterocycles. The molecular formula is C18H39N3. The third kappa shape index (κ3) is 8.18. The minimum absolute atomic E-state index is 0.211. The molecule has 1 heterocycles. The number of nitrogens with zero attached hydrogens (tertiary/aromatic N) is 2. The normalized spacial score (nSPS) is 20.1. The fraction of sp³-hybridized carbons (Fsp3) is 1.00. The highest BCUT2D eigenvalue weighted by Gasteiger charge is 2.27. The summed E-state index contributed by atoms with van der Waals surface area (Å²) in [5, 5.41) is 3.71. The van der Waals surface area contributed by atoms with Crippen LogP contribution in [-0.4, -0.2) is 61.7 Å². The van der Waals surface area contributed by atoms with Crippen molar-refractivity contribution < 1.29 is 0 Å². The molecule has 1 aliphatic rings. The lowest BCUT2D eigenvalue weighted by Crippen LogP contribution is -2.47. The van der Waals surface area contributed by atoms with Crippen LogP contribution in [0.3, 0.4) is 0 Å². The lowest BCUT2D eigenvalue weighted by Gasteiger charge is -2.37. The molecule has 0 aliphatic carbocycles. The molecule has 1 rings (SSSR count). The van der Waals surface area contributed by atoms with Crippen LogP contribution in [0.1, 0.15) is 60.3 Å². The van der Waals surface area contributed by atoms with Gasteiger partial charge in [0, 0.05) is 31.7 Å². The van der Waals surface area contributed by atoms with Gasteiger partial charge in [0.1, 0.15) is 0 Å². The predicted molar refractivity (Wildman–Crippen MR) is 93.9 cm³/mol. The highest BCUT2D eigenvalue weighted by Crippen LogP contribution is 2.24. The predicted octanol–water partition coefficient (Wildman–Crippen LogP) is 3.21. The van der Waals surface area contributed by atoms with Crippen molar-refractivity contribution in [1.82, 2.24) is 15.1 Å². The summed E-state index contributed by atoms with van der Waals surface area (Å²) in [6.07, 6.45) is 5.35. The van der Waals surface area contributed by atoms with Crippen LogP contribution in [-0.2, 0) is 0 Å². The maximum atomic E-state index is 3.71. The second-order valence-electron chi connectivity index (χ2n) is 8.45. The zero-order chi connectivity index (χ0) is 15.9. The number of hydrogen-bond acceptors (Lipinski definition) is 3. The van der Waals surface area contributed by atoms with Crippen molar-refractivity contribution in [2.75, 3.05) is 46.3 Å². The first kappa shape index (κ1) is 18.9. The minimum Gasteiger partial charge on any atom is -0.311 e. The van der Waals surface area contributed by atoms with Crippen molar-refractivity contribution in [2.24, 2.45) is 5.41 Å². The van der Waals surface area contributed by atoms with E-state index in [0.717, 1.165) is 6.54 Å². The summed E-state index contributed by atoms with van der Waals surface area (Å²) < 4.78 is 0. The van der Waals surface area contributed by atoms with Gasteiger partial charge in [0.2, 0.25) is 0 Å².